The van der Waals surface area contributed by atoms with E-state index in [0.717, 1.165) is 11.1 Å². The van der Waals surface area contributed by atoms with E-state index >= 15 is 0 Å². The molecule has 3 heteroatoms. The van der Waals surface area contributed by atoms with Crippen molar-refractivity contribution in [1.29, 1.82) is 0 Å². The summed E-state index contributed by atoms with van der Waals surface area (Å²) in [4.78, 5) is 4.84. The van der Waals surface area contributed by atoms with E-state index in [9.17, 15) is 4.39 Å². The van der Waals surface area contributed by atoms with Gasteiger partial charge in [0.05, 0.1) is 0 Å². The number of nitrogens with zero attached hydrogens (tertiary/aromatic N) is 1. The fourth-order valence-corrected chi connectivity index (χ4v) is 1.47. The highest BCUT2D eigenvalue weighted by molar-refractivity contribution is 7.80. The van der Waals surface area contributed by atoms with Crippen LogP contribution in [0.4, 0.5) is 4.39 Å². The molecule has 1 aromatic carbocycles. The van der Waals surface area contributed by atoms with Crippen LogP contribution in [0.2, 0.25) is 0 Å². The molecular formula is C15H20FNS. The highest BCUT2D eigenvalue weighted by Crippen LogP contribution is 2.20. The number of halogens is 1. The van der Waals surface area contributed by atoms with Gasteiger partial charge in [-0.1, -0.05) is 59.0 Å². The molecule has 0 saturated heterocycles. The van der Waals surface area contributed by atoms with Crippen LogP contribution in [0.3, 0.4) is 0 Å². The Labute approximate surface area is 114 Å². The standard InChI is InChI=1S/C15H20FNS/c1-10(2)12-7-6-11(8-13(12)16)9-17-14(18)15(3,4)5/h6-10H,1-5H3. The van der Waals surface area contributed by atoms with E-state index in [1.54, 1.807) is 6.21 Å². The molecule has 0 atom stereocenters. The molecule has 0 radical (unpaired) electrons. The third-order valence-electron chi connectivity index (χ3n) is 2.62. The van der Waals surface area contributed by atoms with Gasteiger partial charge in [0.2, 0.25) is 0 Å². The van der Waals surface area contributed by atoms with Crippen molar-refractivity contribution in [3.05, 3.63) is 35.1 Å². The summed E-state index contributed by atoms with van der Waals surface area (Å²) in [7, 11) is 0. The Morgan fingerprint density at radius 1 is 1.33 bits per heavy atom. The van der Waals surface area contributed by atoms with Gasteiger partial charge in [-0.05, 0) is 23.1 Å². The molecule has 0 bridgehead atoms. The van der Waals surface area contributed by atoms with Crippen molar-refractivity contribution in [3.63, 3.8) is 0 Å². The minimum atomic E-state index is -0.185. The molecule has 98 valence electrons. The van der Waals surface area contributed by atoms with E-state index in [-0.39, 0.29) is 17.2 Å². The normalized spacial score (nSPS) is 12.4. The molecule has 1 rings (SSSR count). The summed E-state index contributed by atoms with van der Waals surface area (Å²) in [6.45, 7) is 9.97. The van der Waals surface area contributed by atoms with E-state index in [4.69, 9.17) is 12.2 Å². The van der Waals surface area contributed by atoms with Crippen molar-refractivity contribution in [1.82, 2.24) is 0 Å². The zero-order chi connectivity index (χ0) is 13.9. The van der Waals surface area contributed by atoms with Crippen molar-refractivity contribution in [3.8, 4) is 0 Å². The summed E-state index contributed by atoms with van der Waals surface area (Å²) < 4.78 is 13.8. The van der Waals surface area contributed by atoms with Gasteiger partial charge in [0.15, 0.2) is 0 Å². The molecule has 1 nitrogen and oxygen atoms in total. The van der Waals surface area contributed by atoms with Gasteiger partial charge in [0, 0.05) is 11.6 Å². The van der Waals surface area contributed by atoms with Crippen LogP contribution in [-0.4, -0.2) is 11.2 Å². The first-order valence-electron chi connectivity index (χ1n) is 6.09. The molecule has 0 aromatic heterocycles. The second kappa shape index (κ2) is 5.70. The molecule has 0 aliphatic rings. The summed E-state index contributed by atoms with van der Waals surface area (Å²) in [5.41, 5.74) is 1.33. The summed E-state index contributed by atoms with van der Waals surface area (Å²) in [6.07, 6.45) is 1.63. The Balaban J connectivity index is 2.91. The summed E-state index contributed by atoms with van der Waals surface area (Å²) >= 11 is 5.20. The summed E-state index contributed by atoms with van der Waals surface area (Å²) in [6, 6.07) is 5.18. The zero-order valence-corrected chi connectivity index (χ0v) is 12.4. The Kier molecular flexibility index (Phi) is 4.74. The highest BCUT2D eigenvalue weighted by Gasteiger charge is 2.15. The van der Waals surface area contributed by atoms with Crippen LogP contribution in [0.5, 0.6) is 0 Å². The fourth-order valence-electron chi connectivity index (χ4n) is 1.42. The average Bonchev–Trinajstić information content (AvgIpc) is 2.24. The van der Waals surface area contributed by atoms with E-state index in [1.807, 2.05) is 46.8 Å². The number of thiocarbonyl (C=S) groups is 1. The average molecular weight is 265 g/mol. The first kappa shape index (κ1) is 15.0. The van der Waals surface area contributed by atoms with Crippen LogP contribution in [0, 0.1) is 11.2 Å². The quantitative estimate of drug-likeness (QED) is 0.555. The maximum atomic E-state index is 13.8. The third kappa shape index (κ3) is 3.98. The van der Waals surface area contributed by atoms with Crippen molar-refractivity contribution < 1.29 is 4.39 Å². The van der Waals surface area contributed by atoms with Gasteiger partial charge < -0.3 is 0 Å². The van der Waals surface area contributed by atoms with Crippen molar-refractivity contribution in [2.75, 3.05) is 0 Å². The van der Waals surface area contributed by atoms with Crippen LogP contribution >= 0.6 is 12.2 Å². The van der Waals surface area contributed by atoms with E-state index in [2.05, 4.69) is 4.99 Å². The lowest BCUT2D eigenvalue weighted by atomic mass is 9.97. The SMILES string of the molecule is CC(C)c1ccc(C=NC(=S)C(C)(C)C)cc1F. The molecule has 0 aliphatic heterocycles. The minimum Gasteiger partial charge on any atom is -0.249 e. The van der Waals surface area contributed by atoms with Gasteiger partial charge in [0.25, 0.3) is 0 Å². The molecule has 0 heterocycles. The van der Waals surface area contributed by atoms with Crippen LogP contribution in [0.1, 0.15) is 51.7 Å². The maximum Gasteiger partial charge on any atom is 0.127 e. The summed E-state index contributed by atoms with van der Waals surface area (Å²) in [5.74, 6) is 0.00210. The molecule has 0 saturated carbocycles. The van der Waals surface area contributed by atoms with Crippen molar-refractivity contribution >= 4 is 23.4 Å². The lowest BCUT2D eigenvalue weighted by Crippen LogP contribution is -2.15. The first-order valence-corrected chi connectivity index (χ1v) is 6.50. The monoisotopic (exact) mass is 265 g/mol. The van der Waals surface area contributed by atoms with Crippen LogP contribution < -0.4 is 0 Å². The highest BCUT2D eigenvalue weighted by atomic mass is 32.1. The van der Waals surface area contributed by atoms with E-state index in [1.165, 1.54) is 6.07 Å². The Morgan fingerprint density at radius 2 is 1.94 bits per heavy atom. The molecule has 0 amide bonds. The molecule has 0 unspecified atom stereocenters. The van der Waals surface area contributed by atoms with Gasteiger partial charge in [-0.3, -0.25) is 0 Å². The van der Waals surface area contributed by atoms with Crippen molar-refractivity contribution in [2.24, 2.45) is 10.4 Å². The predicted molar refractivity (Wildman–Crippen MR) is 80.1 cm³/mol. The molecule has 18 heavy (non-hydrogen) atoms. The Morgan fingerprint density at radius 3 is 2.39 bits per heavy atom. The lowest BCUT2D eigenvalue weighted by molar-refractivity contribution is 0.596. The lowest BCUT2D eigenvalue weighted by Gasteiger charge is -2.15. The number of aliphatic imine (C=N–C) groups is 1. The van der Waals surface area contributed by atoms with Crippen molar-refractivity contribution in [2.45, 2.75) is 40.5 Å². The summed E-state index contributed by atoms with van der Waals surface area (Å²) in [5, 5.41) is 0. The number of rotatable bonds is 2. The second-order valence-electron chi connectivity index (χ2n) is 5.75. The molecule has 0 aliphatic carbocycles. The zero-order valence-electron chi connectivity index (χ0n) is 11.6. The largest absolute Gasteiger partial charge is 0.249 e. The first-order chi connectivity index (χ1) is 8.21. The van der Waals surface area contributed by atoms with E-state index < -0.39 is 0 Å². The number of hydrogen-bond acceptors (Lipinski definition) is 1. The minimum absolute atomic E-state index is 0.137. The molecule has 0 spiro atoms. The molecule has 0 N–H and O–H groups in total. The Bertz CT molecular complexity index is 470. The molecule has 0 fully saturated rings. The van der Waals surface area contributed by atoms with Crippen LogP contribution in [0.15, 0.2) is 23.2 Å². The van der Waals surface area contributed by atoms with Crippen LogP contribution in [0.25, 0.3) is 0 Å². The molecule has 1 aromatic rings. The van der Waals surface area contributed by atoms with Crippen LogP contribution in [-0.2, 0) is 0 Å². The van der Waals surface area contributed by atoms with Gasteiger partial charge in [-0.15, -0.1) is 0 Å². The third-order valence-corrected chi connectivity index (χ3v) is 3.34. The predicted octanol–water partition coefficient (Wildman–Crippen LogP) is 4.74. The molecular weight excluding hydrogens is 245 g/mol. The smallest absolute Gasteiger partial charge is 0.127 e. The number of hydrogen-bond donors (Lipinski definition) is 0. The van der Waals surface area contributed by atoms with Gasteiger partial charge in [-0.25, -0.2) is 9.38 Å². The van der Waals surface area contributed by atoms with E-state index in [0.29, 0.717) is 4.99 Å². The Hall–Kier alpha value is -1.09. The van der Waals surface area contributed by atoms with Gasteiger partial charge >= 0.3 is 0 Å². The number of benzene rings is 1. The van der Waals surface area contributed by atoms with Gasteiger partial charge in [0.1, 0.15) is 10.8 Å². The topological polar surface area (TPSA) is 12.4 Å². The fraction of sp³-hybridized carbons (Fsp3) is 0.467. The maximum absolute atomic E-state index is 13.8. The van der Waals surface area contributed by atoms with Gasteiger partial charge in [-0.2, -0.15) is 0 Å². The second-order valence-corrected chi connectivity index (χ2v) is 6.14.